The van der Waals surface area contributed by atoms with Gasteiger partial charge in [0, 0.05) is 19.5 Å². The largest absolute Gasteiger partial charge is 0.496 e. The van der Waals surface area contributed by atoms with Gasteiger partial charge in [0.2, 0.25) is 0 Å². The number of carbonyl (C=O) groups is 3. The highest BCUT2D eigenvalue weighted by atomic mass is 16.5. The van der Waals surface area contributed by atoms with Crippen LogP contribution < -0.4 is 4.74 Å². The van der Waals surface area contributed by atoms with Gasteiger partial charge in [0.25, 0.3) is 11.8 Å². The number of imide groups is 2. The maximum atomic E-state index is 12.3. The molecule has 0 aliphatic carbocycles. The Kier molecular flexibility index (Phi) is 3.81. The Morgan fingerprint density at radius 1 is 0.875 bits per heavy atom. The van der Waals surface area contributed by atoms with Crippen LogP contribution in [0.3, 0.4) is 0 Å². The van der Waals surface area contributed by atoms with E-state index in [9.17, 15) is 14.4 Å². The lowest BCUT2D eigenvalue weighted by Gasteiger charge is -2.28. The molecule has 2 aromatic carbocycles. The van der Waals surface area contributed by atoms with E-state index in [1.165, 1.54) is 20.2 Å². The first-order valence-electron chi connectivity index (χ1n) is 7.33. The highest BCUT2D eigenvalue weighted by Crippen LogP contribution is 2.30. The van der Waals surface area contributed by atoms with E-state index in [1.54, 1.807) is 19.2 Å². The zero-order valence-electron chi connectivity index (χ0n) is 13.6. The number of methoxy groups -OCH3 is 1. The Labute approximate surface area is 138 Å². The molecule has 6 nitrogen and oxygen atoms in total. The molecule has 1 fully saturated rings. The Morgan fingerprint density at radius 3 is 2.04 bits per heavy atom. The molecule has 0 saturated carbocycles. The third-order valence-electron chi connectivity index (χ3n) is 4.08. The van der Waals surface area contributed by atoms with Crippen molar-refractivity contribution < 1.29 is 19.1 Å². The number of fused-ring (bicyclic) bond motifs is 1. The molecule has 0 radical (unpaired) electrons. The molecule has 6 heteroatoms. The van der Waals surface area contributed by atoms with Gasteiger partial charge < -0.3 is 4.74 Å². The van der Waals surface area contributed by atoms with Gasteiger partial charge >= 0.3 is 6.03 Å². The van der Waals surface area contributed by atoms with E-state index in [1.807, 2.05) is 24.3 Å². The Balaban J connectivity index is 2.18. The van der Waals surface area contributed by atoms with Crippen molar-refractivity contribution in [1.29, 1.82) is 0 Å². The smallest absolute Gasteiger partial charge is 0.333 e. The van der Waals surface area contributed by atoms with Gasteiger partial charge in [-0.1, -0.05) is 30.3 Å². The van der Waals surface area contributed by atoms with E-state index < -0.39 is 17.8 Å². The molecule has 0 spiro atoms. The summed E-state index contributed by atoms with van der Waals surface area (Å²) in [6, 6.07) is 10.5. The summed E-state index contributed by atoms with van der Waals surface area (Å²) >= 11 is 0. The molecule has 1 aliphatic rings. The van der Waals surface area contributed by atoms with Crippen LogP contribution in [0.15, 0.2) is 42.0 Å². The SMILES string of the molecule is COc1ccc(C=C2C(=O)N(C)C(=O)N(C)C2=O)c2ccccc12. The van der Waals surface area contributed by atoms with Gasteiger partial charge in [0.1, 0.15) is 11.3 Å². The zero-order chi connectivity index (χ0) is 17.4. The molecule has 0 bridgehead atoms. The zero-order valence-corrected chi connectivity index (χ0v) is 13.6. The van der Waals surface area contributed by atoms with Crippen molar-refractivity contribution in [3.05, 3.63) is 47.5 Å². The second kappa shape index (κ2) is 5.81. The summed E-state index contributed by atoms with van der Waals surface area (Å²) in [5.74, 6) is -0.510. The molecule has 1 heterocycles. The lowest BCUT2D eigenvalue weighted by atomic mass is 10.00. The van der Waals surface area contributed by atoms with Crippen molar-refractivity contribution >= 4 is 34.7 Å². The first-order valence-corrected chi connectivity index (χ1v) is 7.33. The van der Waals surface area contributed by atoms with Gasteiger partial charge in [-0.25, -0.2) is 4.79 Å². The van der Waals surface area contributed by atoms with Crippen molar-refractivity contribution in [2.45, 2.75) is 0 Å². The van der Waals surface area contributed by atoms with E-state index in [4.69, 9.17) is 4.74 Å². The van der Waals surface area contributed by atoms with Crippen LogP contribution in [0.4, 0.5) is 4.79 Å². The lowest BCUT2D eigenvalue weighted by molar-refractivity contribution is -0.134. The number of hydrogen-bond donors (Lipinski definition) is 0. The summed E-state index contributed by atoms with van der Waals surface area (Å²) in [6.07, 6.45) is 1.52. The molecule has 0 aromatic heterocycles. The molecule has 1 aliphatic heterocycles. The molecule has 0 unspecified atom stereocenters. The van der Waals surface area contributed by atoms with Crippen molar-refractivity contribution in [2.24, 2.45) is 0 Å². The fourth-order valence-electron chi connectivity index (χ4n) is 2.73. The van der Waals surface area contributed by atoms with Crippen molar-refractivity contribution in [1.82, 2.24) is 9.80 Å². The van der Waals surface area contributed by atoms with Crippen LogP contribution in [0.25, 0.3) is 16.8 Å². The molecule has 3 rings (SSSR count). The highest BCUT2D eigenvalue weighted by molar-refractivity contribution is 6.31. The summed E-state index contributed by atoms with van der Waals surface area (Å²) in [5, 5.41) is 1.73. The van der Waals surface area contributed by atoms with E-state index in [-0.39, 0.29) is 5.57 Å². The topological polar surface area (TPSA) is 66.9 Å². The molecule has 2 aromatic rings. The van der Waals surface area contributed by atoms with Gasteiger partial charge in [-0.15, -0.1) is 0 Å². The van der Waals surface area contributed by atoms with Crippen molar-refractivity contribution in [2.75, 3.05) is 21.2 Å². The van der Waals surface area contributed by atoms with Crippen LogP contribution in [0.5, 0.6) is 5.75 Å². The predicted octanol–water partition coefficient (Wildman–Crippen LogP) is 2.28. The number of urea groups is 1. The Hall–Kier alpha value is -3.15. The maximum absolute atomic E-state index is 12.3. The molecule has 4 amide bonds. The van der Waals surface area contributed by atoms with Crippen LogP contribution in [0.1, 0.15) is 5.56 Å². The molecular weight excluding hydrogens is 308 g/mol. The minimum atomic E-state index is -0.637. The fourth-order valence-corrected chi connectivity index (χ4v) is 2.73. The van der Waals surface area contributed by atoms with Gasteiger partial charge in [0.15, 0.2) is 0 Å². The molecule has 122 valence electrons. The number of carbonyl (C=O) groups excluding carboxylic acids is 3. The Bertz CT molecular complexity index is 875. The van der Waals surface area contributed by atoms with Crippen molar-refractivity contribution in [3.63, 3.8) is 0 Å². The summed E-state index contributed by atoms with van der Waals surface area (Å²) in [6.45, 7) is 0. The quantitative estimate of drug-likeness (QED) is 0.628. The van der Waals surface area contributed by atoms with Crippen LogP contribution in [0, 0.1) is 0 Å². The van der Waals surface area contributed by atoms with Crippen LogP contribution in [0.2, 0.25) is 0 Å². The van der Waals surface area contributed by atoms with E-state index >= 15 is 0 Å². The average Bonchev–Trinajstić information content (AvgIpc) is 2.62. The minimum Gasteiger partial charge on any atom is -0.496 e. The van der Waals surface area contributed by atoms with E-state index in [0.717, 1.165) is 20.6 Å². The standard InChI is InChI=1S/C18H16N2O4/c1-19-16(21)14(17(22)20(2)18(19)23)10-11-8-9-15(24-3)13-7-5-4-6-12(11)13/h4-10H,1-3H3. The second-order valence-corrected chi connectivity index (χ2v) is 5.47. The molecular formula is C18H16N2O4. The van der Waals surface area contributed by atoms with Gasteiger partial charge in [-0.05, 0) is 23.1 Å². The normalized spacial score (nSPS) is 15.3. The van der Waals surface area contributed by atoms with Crippen LogP contribution in [-0.4, -0.2) is 48.9 Å². The number of rotatable bonds is 2. The minimum absolute atomic E-state index is 0.0464. The summed E-state index contributed by atoms with van der Waals surface area (Å²) in [5.41, 5.74) is 0.661. The van der Waals surface area contributed by atoms with E-state index in [0.29, 0.717) is 11.3 Å². The highest BCUT2D eigenvalue weighted by Gasteiger charge is 2.37. The number of nitrogens with zero attached hydrogens (tertiary/aromatic N) is 2. The number of likely N-dealkylation sites (N-methyl/N-ethyl adjacent to an activating group) is 2. The summed E-state index contributed by atoms with van der Waals surface area (Å²) in [7, 11) is 4.30. The second-order valence-electron chi connectivity index (χ2n) is 5.47. The number of hydrogen-bond acceptors (Lipinski definition) is 4. The molecule has 0 atom stereocenters. The predicted molar refractivity (Wildman–Crippen MR) is 89.4 cm³/mol. The average molecular weight is 324 g/mol. The number of amides is 4. The summed E-state index contributed by atoms with van der Waals surface area (Å²) in [4.78, 5) is 38.3. The van der Waals surface area contributed by atoms with Gasteiger partial charge in [-0.3, -0.25) is 19.4 Å². The number of barbiturate groups is 1. The van der Waals surface area contributed by atoms with Crippen LogP contribution in [-0.2, 0) is 9.59 Å². The Morgan fingerprint density at radius 2 is 1.46 bits per heavy atom. The monoisotopic (exact) mass is 324 g/mol. The first kappa shape index (κ1) is 15.7. The van der Waals surface area contributed by atoms with Crippen molar-refractivity contribution in [3.8, 4) is 5.75 Å². The molecule has 1 saturated heterocycles. The van der Waals surface area contributed by atoms with E-state index in [2.05, 4.69) is 0 Å². The van der Waals surface area contributed by atoms with Crippen LogP contribution >= 0.6 is 0 Å². The lowest BCUT2D eigenvalue weighted by Crippen LogP contribution is -2.52. The number of ether oxygens (including phenoxy) is 1. The van der Waals surface area contributed by atoms with Gasteiger partial charge in [0.05, 0.1) is 7.11 Å². The van der Waals surface area contributed by atoms with Gasteiger partial charge in [-0.2, -0.15) is 0 Å². The third-order valence-corrected chi connectivity index (χ3v) is 4.08. The fraction of sp³-hybridized carbons (Fsp3) is 0.167. The molecule has 0 N–H and O–H groups in total. The maximum Gasteiger partial charge on any atom is 0.333 e. The first-order chi connectivity index (χ1) is 11.5. The number of benzene rings is 2. The summed E-state index contributed by atoms with van der Waals surface area (Å²) < 4.78 is 5.35. The molecule has 24 heavy (non-hydrogen) atoms. The third kappa shape index (κ3) is 2.32.